The van der Waals surface area contributed by atoms with Crippen molar-refractivity contribution >= 4 is 17.7 Å². The quantitative estimate of drug-likeness (QED) is 0.483. The fourth-order valence-electron chi connectivity index (χ4n) is 0.784. The normalized spacial score (nSPS) is 11.8. The summed E-state index contributed by atoms with van der Waals surface area (Å²) in [6.07, 6.45) is 2.43. The number of hydrogen-bond donors (Lipinski definition) is 0. The third-order valence-electron chi connectivity index (χ3n) is 1.66. The summed E-state index contributed by atoms with van der Waals surface area (Å²) in [6, 6.07) is 2.04. The number of nitriles is 1. The Hall–Kier alpha value is -0.690. The summed E-state index contributed by atoms with van der Waals surface area (Å²) >= 11 is 1.47. The molecule has 0 aliphatic carbocycles. The Morgan fingerprint density at radius 3 is 2.93 bits per heavy atom. The summed E-state index contributed by atoms with van der Waals surface area (Å²) in [4.78, 5) is 11.3. The molecule has 0 N–H and O–H groups in total. The molecular formula is C10H17NO2S. The van der Waals surface area contributed by atoms with Crippen molar-refractivity contribution in [1.82, 2.24) is 0 Å². The van der Waals surface area contributed by atoms with Gasteiger partial charge in [0.15, 0.2) is 0 Å². The van der Waals surface area contributed by atoms with E-state index in [1.165, 1.54) is 11.8 Å². The summed E-state index contributed by atoms with van der Waals surface area (Å²) in [5, 5.41) is 8.16. The van der Waals surface area contributed by atoms with Gasteiger partial charge >= 0.3 is 5.97 Å². The second-order valence-electron chi connectivity index (χ2n) is 2.94. The van der Waals surface area contributed by atoms with E-state index in [1.54, 1.807) is 0 Å². The van der Waals surface area contributed by atoms with E-state index in [0.717, 1.165) is 12.8 Å². The standard InChI is InChI=1S/C10H17NO2S/c1-3-4-7-13-10(12)9(2)14-8-5-6-11/h9H,3-5,7-8H2,1-2H3. The highest BCUT2D eigenvalue weighted by atomic mass is 32.2. The van der Waals surface area contributed by atoms with Crippen LogP contribution in [0.2, 0.25) is 0 Å². The first kappa shape index (κ1) is 13.3. The highest BCUT2D eigenvalue weighted by molar-refractivity contribution is 8.00. The minimum atomic E-state index is -0.165. The highest BCUT2D eigenvalue weighted by Crippen LogP contribution is 2.12. The van der Waals surface area contributed by atoms with Gasteiger partial charge in [-0.3, -0.25) is 4.79 Å². The molecular weight excluding hydrogens is 198 g/mol. The average molecular weight is 215 g/mol. The molecule has 0 aromatic carbocycles. The minimum absolute atomic E-state index is 0.153. The van der Waals surface area contributed by atoms with E-state index in [1.807, 2.05) is 13.0 Å². The van der Waals surface area contributed by atoms with Crippen molar-refractivity contribution in [2.75, 3.05) is 12.4 Å². The molecule has 80 valence electrons. The molecule has 0 heterocycles. The van der Waals surface area contributed by atoms with Gasteiger partial charge in [0.05, 0.1) is 17.9 Å². The molecule has 0 aromatic heterocycles. The van der Waals surface area contributed by atoms with E-state index < -0.39 is 0 Å². The summed E-state index contributed by atoms with van der Waals surface area (Å²) in [5.41, 5.74) is 0. The lowest BCUT2D eigenvalue weighted by Gasteiger charge is -2.09. The number of carbonyl (C=O) groups excluding carboxylic acids is 1. The number of unbranched alkanes of at least 4 members (excludes halogenated alkanes) is 1. The van der Waals surface area contributed by atoms with E-state index in [4.69, 9.17) is 10.00 Å². The van der Waals surface area contributed by atoms with Crippen LogP contribution in [-0.2, 0) is 9.53 Å². The first-order valence-corrected chi connectivity index (χ1v) is 5.92. The predicted molar refractivity (Wildman–Crippen MR) is 58.0 cm³/mol. The van der Waals surface area contributed by atoms with Crippen LogP contribution < -0.4 is 0 Å². The molecule has 0 aromatic rings. The van der Waals surface area contributed by atoms with Gasteiger partial charge in [0, 0.05) is 12.2 Å². The smallest absolute Gasteiger partial charge is 0.318 e. The van der Waals surface area contributed by atoms with E-state index in [-0.39, 0.29) is 11.2 Å². The van der Waals surface area contributed by atoms with Crippen molar-refractivity contribution in [2.45, 2.75) is 38.4 Å². The molecule has 0 saturated carbocycles. The third-order valence-corrected chi connectivity index (χ3v) is 2.79. The van der Waals surface area contributed by atoms with Crippen LogP contribution in [0.25, 0.3) is 0 Å². The number of nitrogens with zero attached hydrogens (tertiary/aromatic N) is 1. The fraction of sp³-hybridized carbons (Fsp3) is 0.800. The molecule has 0 saturated heterocycles. The molecule has 0 aliphatic heterocycles. The molecule has 1 atom stereocenters. The minimum Gasteiger partial charge on any atom is -0.465 e. The van der Waals surface area contributed by atoms with Crippen LogP contribution in [0.1, 0.15) is 33.1 Å². The predicted octanol–water partition coefficient (Wildman–Crippen LogP) is 2.37. The number of esters is 1. The number of hydrogen-bond acceptors (Lipinski definition) is 4. The van der Waals surface area contributed by atoms with Gasteiger partial charge < -0.3 is 4.74 Å². The Balaban J connectivity index is 3.50. The zero-order valence-corrected chi connectivity index (χ0v) is 9.60. The van der Waals surface area contributed by atoms with E-state index >= 15 is 0 Å². The third kappa shape index (κ3) is 6.79. The van der Waals surface area contributed by atoms with Crippen LogP contribution in [-0.4, -0.2) is 23.6 Å². The molecule has 3 nitrogen and oxygen atoms in total. The van der Waals surface area contributed by atoms with Gasteiger partial charge in [-0.15, -0.1) is 11.8 Å². The Labute approximate surface area is 89.8 Å². The Bertz CT molecular complexity index is 201. The van der Waals surface area contributed by atoms with Gasteiger partial charge in [0.2, 0.25) is 0 Å². The molecule has 4 heteroatoms. The number of ether oxygens (including phenoxy) is 1. The van der Waals surface area contributed by atoms with Gasteiger partial charge in [0.1, 0.15) is 0 Å². The van der Waals surface area contributed by atoms with Gasteiger partial charge in [-0.1, -0.05) is 13.3 Å². The molecule has 1 unspecified atom stereocenters. The average Bonchev–Trinajstić information content (AvgIpc) is 2.18. The SMILES string of the molecule is CCCCOC(=O)C(C)SCCC#N. The molecule has 0 aliphatic rings. The number of rotatable bonds is 7. The molecule has 0 radical (unpaired) electrons. The van der Waals surface area contributed by atoms with Crippen molar-refractivity contribution in [2.24, 2.45) is 0 Å². The highest BCUT2D eigenvalue weighted by Gasteiger charge is 2.13. The van der Waals surface area contributed by atoms with Crippen LogP contribution in [0.4, 0.5) is 0 Å². The maximum absolute atomic E-state index is 11.3. The summed E-state index contributed by atoms with van der Waals surface area (Å²) in [7, 11) is 0. The van der Waals surface area contributed by atoms with Crippen molar-refractivity contribution < 1.29 is 9.53 Å². The monoisotopic (exact) mass is 215 g/mol. The van der Waals surface area contributed by atoms with E-state index in [2.05, 4.69) is 6.92 Å². The maximum atomic E-state index is 11.3. The van der Waals surface area contributed by atoms with Crippen LogP contribution in [0.5, 0.6) is 0 Å². The van der Waals surface area contributed by atoms with Crippen molar-refractivity contribution in [3.05, 3.63) is 0 Å². The molecule has 14 heavy (non-hydrogen) atoms. The summed E-state index contributed by atoms with van der Waals surface area (Å²) in [5.74, 6) is 0.530. The van der Waals surface area contributed by atoms with Gasteiger partial charge in [-0.2, -0.15) is 5.26 Å². The van der Waals surface area contributed by atoms with Gasteiger partial charge in [-0.05, 0) is 13.3 Å². The first-order valence-electron chi connectivity index (χ1n) is 4.87. The maximum Gasteiger partial charge on any atom is 0.318 e. The van der Waals surface area contributed by atoms with E-state index in [0.29, 0.717) is 18.8 Å². The fourth-order valence-corrected chi connectivity index (χ4v) is 1.55. The Kier molecular flexibility index (Phi) is 8.45. The largest absolute Gasteiger partial charge is 0.465 e. The van der Waals surface area contributed by atoms with Gasteiger partial charge in [-0.25, -0.2) is 0 Å². The molecule has 0 fully saturated rings. The van der Waals surface area contributed by atoms with Crippen molar-refractivity contribution in [1.29, 1.82) is 5.26 Å². The lowest BCUT2D eigenvalue weighted by Crippen LogP contribution is -2.17. The summed E-state index contributed by atoms with van der Waals surface area (Å²) < 4.78 is 5.03. The number of carbonyl (C=O) groups is 1. The lowest BCUT2D eigenvalue weighted by atomic mass is 10.4. The zero-order chi connectivity index (χ0) is 10.8. The van der Waals surface area contributed by atoms with Crippen molar-refractivity contribution in [3.8, 4) is 6.07 Å². The topological polar surface area (TPSA) is 50.1 Å². The van der Waals surface area contributed by atoms with Crippen molar-refractivity contribution in [3.63, 3.8) is 0 Å². The van der Waals surface area contributed by atoms with Crippen LogP contribution in [0.3, 0.4) is 0 Å². The molecule has 0 spiro atoms. The number of thioether (sulfide) groups is 1. The second kappa shape index (κ2) is 8.89. The Morgan fingerprint density at radius 2 is 2.36 bits per heavy atom. The first-order chi connectivity index (χ1) is 6.72. The second-order valence-corrected chi connectivity index (χ2v) is 4.39. The molecule has 0 bridgehead atoms. The molecule has 0 amide bonds. The lowest BCUT2D eigenvalue weighted by molar-refractivity contribution is -0.142. The van der Waals surface area contributed by atoms with Crippen LogP contribution in [0, 0.1) is 11.3 Å². The molecule has 0 rings (SSSR count). The van der Waals surface area contributed by atoms with E-state index in [9.17, 15) is 4.79 Å². The van der Waals surface area contributed by atoms with Crippen LogP contribution >= 0.6 is 11.8 Å². The Morgan fingerprint density at radius 1 is 1.64 bits per heavy atom. The van der Waals surface area contributed by atoms with Gasteiger partial charge in [0.25, 0.3) is 0 Å². The summed E-state index contributed by atoms with van der Waals surface area (Å²) in [6.45, 7) is 4.38. The zero-order valence-electron chi connectivity index (χ0n) is 8.78. The van der Waals surface area contributed by atoms with Crippen LogP contribution in [0.15, 0.2) is 0 Å².